The molecule has 5 rings (SSSR count). The molecular formula is C29H34N2O4. The highest BCUT2D eigenvalue weighted by Gasteiger charge is 2.30. The van der Waals surface area contributed by atoms with E-state index in [0.717, 1.165) is 47.5 Å². The maximum atomic E-state index is 10.1. The van der Waals surface area contributed by atoms with Crippen LogP contribution in [-0.2, 0) is 0 Å². The maximum Gasteiger partial charge on any atom is 0.213 e. The monoisotopic (exact) mass is 474 g/mol. The number of fused-ring (bicyclic) bond motifs is 1. The smallest absolute Gasteiger partial charge is 0.213 e. The molecule has 2 aromatic carbocycles. The Bertz CT molecular complexity index is 1170. The highest BCUT2D eigenvalue weighted by Crippen LogP contribution is 2.47. The van der Waals surface area contributed by atoms with Gasteiger partial charge in [-0.15, -0.1) is 0 Å². The summed E-state index contributed by atoms with van der Waals surface area (Å²) in [6.07, 6.45) is 3.92. The quantitative estimate of drug-likeness (QED) is 0.452. The van der Waals surface area contributed by atoms with Gasteiger partial charge in [0.05, 0.1) is 0 Å². The predicted octanol–water partition coefficient (Wildman–Crippen LogP) is 6.06. The third-order valence-corrected chi connectivity index (χ3v) is 6.35. The first kappa shape index (κ1) is 24.6. The van der Waals surface area contributed by atoms with Gasteiger partial charge in [0.15, 0.2) is 6.10 Å². The van der Waals surface area contributed by atoms with E-state index in [1.165, 1.54) is 12.8 Å². The molecule has 0 bridgehead atoms. The van der Waals surface area contributed by atoms with Crippen LogP contribution in [0.5, 0.6) is 23.1 Å². The Morgan fingerprint density at radius 3 is 2.49 bits per heavy atom. The van der Waals surface area contributed by atoms with Crippen molar-refractivity contribution in [3.63, 3.8) is 0 Å². The van der Waals surface area contributed by atoms with Crippen LogP contribution in [0.15, 0.2) is 60.8 Å². The Morgan fingerprint density at radius 2 is 1.77 bits per heavy atom. The summed E-state index contributed by atoms with van der Waals surface area (Å²) in [4.78, 5) is 6.94. The molecule has 1 unspecified atom stereocenters. The minimum Gasteiger partial charge on any atom is -0.508 e. The van der Waals surface area contributed by atoms with E-state index in [4.69, 9.17) is 9.47 Å². The zero-order valence-electron chi connectivity index (χ0n) is 20.7. The number of hydrogen-bond acceptors (Lipinski definition) is 6. The van der Waals surface area contributed by atoms with Crippen LogP contribution < -0.4 is 9.47 Å². The molecule has 1 fully saturated rings. The van der Waals surface area contributed by atoms with E-state index in [0.29, 0.717) is 18.2 Å². The Kier molecular flexibility index (Phi) is 7.93. The van der Waals surface area contributed by atoms with Gasteiger partial charge in [-0.25, -0.2) is 4.98 Å². The lowest BCUT2D eigenvalue weighted by atomic mass is 9.86. The summed E-state index contributed by atoms with van der Waals surface area (Å²) in [5.41, 5.74) is 4.48. The average molecular weight is 475 g/mol. The SMILES string of the molecule is CC.CC1=C(c2cccc(O)c2)C(c2ccc(OCCN3CCCC3)nc2)Oc2ccc(O)cc21. The number of phenols is 2. The van der Waals surface area contributed by atoms with Crippen LogP contribution in [0.1, 0.15) is 56.4 Å². The normalized spacial score (nSPS) is 17.3. The van der Waals surface area contributed by atoms with Gasteiger partial charge in [0.25, 0.3) is 0 Å². The Morgan fingerprint density at radius 1 is 1.00 bits per heavy atom. The molecule has 0 saturated carbocycles. The van der Waals surface area contributed by atoms with E-state index < -0.39 is 6.10 Å². The minimum absolute atomic E-state index is 0.183. The van der Waals surface area contributed by atoms with E-state index >= 15 is 0 Å². The fourth-order valence-corrected chi connectivity index (χ4v) is 4.64. The number of hydrogen-bond donors (Lipinski definition) is 2. The summed E-state index contributed by atoms with van der Waals surface area (Å²) in [6.45, 7) is 9.85. The molecule has 2 aliphatic heterocycles. The van der Waals surface area contributed by atoms with Gasteiger partial charge < -0.3 is 19.7 Å². The molecule has 2 aliphatic rings. The lowest BCUT2D eigenvalue weighted by Gasteiger charge is -2.31. The molecule has 6 heteroatoms. The standard InChI is InChI=1S/C27H28N2O4.C2H6/c1-18-23-16-22(31)8-9-24(23)33-27(26(18)19-5-4-6-21(30)15-19)20-7-10-25(28-17-20)32-14-13-29-11-2-3-12-29;1-2/h4-10,15-17,27,30-31H,2-3,11-14H2,1H3;1-2H3. The molecule has 0 amide bonds. The van der Waals surface area contributed by atoms with Crippen LogP contribution in [0.4, 0.5) is 0 Å². The molecule has 2 N–H and O–H groups in total. The number of allylic oxidation sites excluding steroid dienone is 1. The third kappa shape index (κ3) is 5.60. The van der Waals surface area contributed by atoms with Gasteiger partial charge in [0.2, 0.25) is 5.88 Å². The van der Waals surface area contributed by atoms with E-state index in [2.05, 4.69) is 9.88 Å². The van der Waals surface area contributed by atoms with Crippen LogP contribution in [0.3, 0.4) is 0 Å². The van der Waals surface area contributed by atoms with Crippen molar-refractivity contribution in [2.75, 3.05) is 26.2 Å². The van der Waals surface area contributed by atoms with Crippen LogP contribution in [0, 0.1) is 0 Å². The first-order chi connectivity index (χ1) is 17.1. The second kappa shape index (κ2) is 11.3. The largest absolute Gasteiger partial charge is 0.508 e. The van der Waals surface area contributed by atoms with Crippen molar-refractivity contribution in [3.05, 3.63) is 77.5 Å². The molecule has 184 valence electrons. The lowest BCUT2D eigenvalue weighted by molar-refractivity contribution is 0.231. The van der Waals surface area contributed by atoms with E-state index in [9.17, 15) is 10.2 Å². The Balaban J connectivity index is 0.00000141. The fourth-order valence-electron chi connectivity index (χ4n) is 4.64. The van der Waals surface area contributed by atoms with Gasteiger partial charge in [-0.1, -0.05) is 26.0 Å². The number of pyridine rings is 1. The molecule has 0 spiro atoms. The van der Waals surface area contributed by atoms with Crippen LogP contribution in [0.25, 0.3) is 11.1 Å². The molecule has 1 aromatic heterocycles. The maximum absolute atomic E-state index is 10.1. The molecule has 6 nitrogen and oxygen atoms in total. The van der Waals surface area contributed by atoms with Gasteiger partial charge in [-0.3, -0.25) is 4.90 Å². The van der Waals surface area contributed by atoms with Crippen molar-refractivity contribution < 1.29 is 19.7 Å². The van der Waals surface area contributed by atoms with Crippen molar-refractivity contribution in [1.82, 2.24) is 9.88 Å². The summed E-state index contributed by atoms with van der Waals surface area (Å²) in [7, 11) is 0. The first-order valence-electron chi connectivity index (χ1n) is 12.4. The number of aromatic hydroxyl groups is 2. The minimum atomic E-state index is -0.407. The molecular weight excluding hydrogens is 440 g/mol. The number of benzene rings is 2. The zero-order chi connectivity index (χ0) is 24.8. The van der Waals surface area contributed by atoms with Crippen LogP contribution >= 0.6 is 0 Å². The molecule has 0 radical (unpaired) electrons. The number of nitrogens with zero attached hydrogens (tertiary/aromatic N) is 2. The number of likely N-dealkylation sites (tertiary alicyclic amines) is 1. The molecule has 3 aromatic rings. The van der Waals surface area contributed by atoms with Gasteiger partial charge in [-0.2, -0.15) is 0 Å². The highest BCUT2D eigenvalue weighted by atomic mass is 16.5. The van der Waals surface area contributed by atoms with Crippen molar-refractivity contribution in [1.29, 1.82) is 0 Å². The van der Waals surface area contributed by atoms with Gasteiger partial charge >= 0.3 is 0 Å². The van der Waals surface area contributed by atoms with Gasteiger partial charge in [-0.05, 0) is 80.4 Å². The van der Waals surface area contributed by atoms with Crippen LogP contribution in [0.2, 0.25) is 0 Å². The third-order valence-electron chi connectivity index (χ3n) is 6.35. The van der Waals surface area contributed by atoms with Crippen molar-refractivity contribution in [3.8, 4) is 23.1 Å². The number of phenolic OH excluding ortho intramolecular Hbond substituents is 2. The molecule has 1 atom stereocenters. The van der Waals surface area contributed by atoms with Crippen LogP contribution in [-0.4, -0.2) is 46.3 Å². The average Bonchev–Trinajstić information content (AvgIpc) is 3.40. The fraction of sp³-hybridized carbons (Fsp3) is 0.345. The molecule has 3 heterocycles. The lowest BCUT2D eigenvalue weighted by Crippen LogP contribution is -2.25. The summed E-state index contributed by atoms with van der Waals surface area (Å²) < 4.78 is 12.3. The Hall–Kier alpha value is -3.51. The topological polar surface area (TPSA) is 75.1 Å². The molecule has 0 aliphatic carbocycles. The molecule has 1 saturated heterocycles. The van der Waals surface area contributed by atoms with Gasteiger partial charge in [0.1, 0.15) is 23.9 Å². The highest BCUT2D eigenvalue weighted by molar-refractivity contribution is 5.95. The number of ether oxygens (including phenoxy) is 2. The van der Waals surface area contributed by atoms with E-state index in [-0.39, 0.29) is 11.5 Å². The summed E-state index contributed by atoms with van der Waals surface area (Å²) in [5.74, 6) is 1.67. The van der Waals surface area contributed by atoms with Gasteiger partial charge in [0, 0.05) is 35.5 Å². The van der Waals surface area contributed by atoms with Crippen molar-refractivity contribution in [2.24, 2.45) is 0 Å². The number of aromatic nitrogens is 1. The summed E-state index contributed by atoms with van der Waals surface area (Å²) >= 11 is 0. The first-order valence-corrected chi connectivity index (χ1v) is 12.4. The Labute approximate surface area is 207 Å². The van der Waals surface area contributed by atoms with E-state index in [1.54, 1.807) is 36.5 Å². The predicted molar refractivity (Wildman–Crippen MR) is 139 cm³/mol. The summed E-state index contributed by atoms with van der Waals surface area (Å²) in [5, 5.41) is 20.1. The number of rotatable bonds is 6. The van der Waals surface area contributed by atoms with E-state index in [1.807, 2.05) is 45.0 Å². The summed E-state index contributed by atoms with van der Waals surface area (Å²) in [6, 6.07) is 16.1. The zero-order valence-corrected chi connectivity index (χ0v) is 20.7. The second-order valence-electron chi connectivity index (χ2n) is 8.59. The van der Waals surface area contributed by atoms with Crippen molar-refractivity contribution in [2.45, 2.75) is 39.7 Å². The van der Waals surface area contributed by atoms with Crippen molar-refractivity contribution >= 4 is 11.1 Å². The second-order valence-corrected chi connectivity index (χ2v) is 8.59. The molecule has 35 heavy (non-hydrogen) atoms.